The van der Waals surface area contributed by atoms with Gasteiger partial charge in [0.2, 0.25) is 0 Å². The highest BCUT2D eigenvalue weighted by Gasteiger charge is 2.39. The molecule has 388 valence electrons. The second-order valence-corrected chi connectivity index (χ2v) is 25.5. The Bertz CT molecular complexity index is 3810. The Morgan fingerprint density at radius 1 is 0.377 bits per heavy atom. The van der Waals surface area contributed by atoms with E-state index in [-0.39, 0.29) is 27.1 Å². The van der Waals surface area contributed by atoms with Crippen LogP contribution in [0, 0.1) is 0 Å². The summed E-state index contributed by atoms with van der Waals surface area (Å²) in [4.78, 5) is 10.1. The minimum Gasteiger partial charge on any atom is -0.457 e. The van der Waals surface area contributed by atoms with Gasteiger partial charge in [-0.05, 0) is 139 Å². The molecule has 1 aliphatic heterocycles. The molecular formula is C72H74N4O. The second-order valence-electron chi connectivity index (χ2n) is 25.5. The Morgan fingerprint density at radius 2 is 0.922 bits per heavy atom. The van der Waals surface area contributed by atoms with Crippen molar-refractivity contribution >= 4 is 44.6 Å². The van der Waals surface area contributed by atoms with Crippen LogP contribution < -0.4 is 14.5 Å². The molecule has 11 rings (SSSR count). The van der Waals surface area contributed by atoms with E-state index in [0.29, 0.717) is 6.67 Å². The van der Waals surface area contributed by atoms with Crippen molar-refractivity contribution in [3.63, 3.8) is 0 Å². The van der Waals surface area contributed by atoms with E-state index in [9.17, 15) is 0 Å². The molecule has 0 atom stereocenters. The van der Waals surface area contributed by atoms with Gasteiger partial charge in [0.25, 0.3) is 0 Å². The summed E-state index contributed by atoms with van der Waals surface area (Å²) in [7, 11) is 0. The van der Waals surface area contributed by atoms with E-state index in [1.54, 1.807) is 0 Å². The number of hydrogen-bond donors (Lipinski definition) is 0. The van der Waals surface area contributed by atoms with Crippen molar-refractivity contribution in [3.8, 4) is 28.4 Å². The lowest BCUT2D eigenvalue weighted by Crippen LogP contribution is -2.28. The number of aromatic nitrogens is 2. The second kappa shape index (κ2) is 19.0. The molecule has 0 unspecified atom stereocenters. The Balaban J connectivity index is 1.09. The van der Waals surface area contributed by atoms with Gasteiger partial charge < -0.3 is 14.5 Å². The number of hydrogen-bond acceptors (Lipinski definition) is 4. The average Bonchev–Trinajstić information content (AvgIpc) is 4.17. The fraction of sp³-hybridized carbons (Fsp3) is 0.264. The van der Waals surface area contributed by atoms with Gasteiger partial charge in [-0.15, -0.1) is 0 Å². The van der Waals surface area contributed by atoms with Gasteiger partial charge in [0, 0.05) is 51.3 Å². The summed E-state index contributed by atoms with van der Waals surface area (Å²) in [5, 5.41) is 2.31. The molecule has 0 saturated heterocycles. The summed E-state index contributed by atoms with van der Waals surface area (Å²) in [5.74, 6) is 2.43. The number of pyridine rings is 1. The topological polar surface area (TPSA) is 33.5 Å². The normalized spacial score (nSPS) is 13.4. The lowest BCUT2D eigenvalue weighted by Gasteiger charge is -2.36. The molecule has 77 heavy (non-hydrogen) atoms. The highest BCUT2D eigenvalue weighted by Crippen LogP contribution is 2.53. The van der Waals surface area contributed by atoms with Gasteiger partial charge in [0.1, 0.15) is 24.0 Å². The van der Waals surface area contributed by atoms with Crippen molar-refractivity contribution in [2.45, 2.75) is 117 Å². The maximum atomic E-state index is 7.21. The van der Waals surface area contributed by atoms with Crippen LogP contribution in [0.15, 0.2) is 200 Å². The lowest BCUT2D eigenvalue weighted by molar-refractivity contribution is 0.479. The Morgan fingerprint density at radius 3 is 1.52 bits per heavy atom. The third-order valence-corrected chi connectivity index (χ3v) is 16.3. The predicted octanol–water partition coefficient (Wildman–Crippen LogP) is 19.4. The molecule has 0 spiro atoms. The molecule has 10 aromatic rings. The van der Waals surface area contributed by atoms with Crippen LogP contribution in [0.3, 0.4) is 0 Å². The van der Waals surface area contributed by atoms with Crippen LogP contribution in [0.25, 0.3) is 38.8 Å². The van der Waals surface area contributed by atoms with Crippen LogP contribution in [-0.4, -0.2) is 16.2 Å². The van der Waals surface area contributed by atoms with Crippen LogP contribution in [0.4, 0.5) is 22.7 Å². The first-order chi connectivity index (χ1) is 36.6. The molecule has 0 saturated carbocycles. The number of rotatable bonds is 10. The summed E-state index contributed by atoms with van der Waals surface area (Å²) < 4.78 is 9.52. The van der Waals surface area contributed by atoms with E-state index < -0.39 is 0 Å². The molecule has 0 N–H and O–H groups in total. The number of anilines is 4. The summed E-state index contributed by atoms with van der Waals surface area (Å²) in [6.45, 7) is 30.7. The highest BCUT2D eigenvalue weighted by atomic mass is 16.5. The first kappa shape index (κ1) is 51.2. The van der Waals surface area contributed by atoms with Gasteiger partial charge in [-0.25, -0.2) is 4.98 Å². The molecule has 3 heterocycles. The SMILES string of the molecule is CC(C)(C)c1cccc(N2CN(c3cc(Oc4ccc5c6cc(-c7ccccc7)ccc6n(-c6cc(C(C)(C)C)ccn6)c5c4)cc(C(C)(C)C)c3)c3cc(C(C)(C)c4ccccc4)c(C(C)(C)c4ccccc4)cc32)c1. The van der Waals surface area contributed by atoms with Gasteiger partial charge in [-0.2, -0.15) is 0 Å². The van der Waals surface area contributed by atoms with Crippen molar-refractivity contribution in [3.05, 3.63) is 239 Å². The standard InChI is InChI=1S/C72H74N4O/c1-68(2,3)52-30-23-31-55(39-52)74-47-75(66-46-62(72(12,13)51-28-21-16-22-29-51)61(45-65(66)74)71(10,11)50-26-19-15-20-27-50)56-40-54(70(7,8)9)41-58(43-56)77-57-33-34-59-60-38-49(48-24-17-14-18-25-48)32-35-63(60)76(64(59)44-57)67-42-53(36-37-73-67)69(4,5)6/h14-46H,47H2,1-13H3. The van der Waals surface area contributed by atoms with Crippen LogP contribution in [0.2, 0.25) is 0 Å². The Kier molecular flexibility index (Phi) is 12.6. The highest BCUT2D eigenvalue weighted by molar-refractivity contribution is 6.10. The third-order valence-electron chi connectivity index (χ3n) is 16.3. The molecule has 0 aliphatic carbocycles. The molecular weight excluding hydrogens is 937 g/mol. The molecule has 8 aromatic carbocycles. The van der Waals surface area contributed by atoms with Crippen molar-refractivity contribution in [2.75, 3.05) is 16.5 Å². The van der Waals surface area contributed by atoms with E-state index in [1.807, 2.05) is 6.20 Å². The van der Waals surface area contributed by atoms with Crippen LogP contribution in [-0.2, 0) is 27.1 Å². The molecule has 0 bridgehead atoms. The number of ether oxygens (including phenoxy) is 1. The molecule has 0 fully saturated rings. The summed E-state index contributed by atoms with van der Waals surface area (Å²) in [6, 6.07) is 71.5. The van der Waals surface area contributed by atoms with Gasteiger partial charge in [0.05, 0.1) is 22.4 Å². The quantitative estimate of drug-likeness (QED) is 0.137. The maximum Gasteiger partial charge on any atom is 0.137 e. The van der Waals surface area contributed by atoms with Crippen LogP contribution in [0.5, 0.6) is 11.5 Å². The van der Waals surface area contributed by atoms with Gasteiger partial charge in [-0.1, -0.05) is 199 Å². The lowest BCUT2D eigenvalue weighted by atomic mass is 9.68. The average molecular weight is 1010 g/mol. The van der Waals surface area contributed by atoms with E-state index in [4.69, 9.17) is 9.72 Å². The molecule has 5 heteroatoms. The first-order valence-corrected chi connectivity index (χ1v) is 27.5. The molecule has 0 amide bonds. The van der Waals surface area contributed by atoms with E-state index in [1.165, 1.54) is 72.5 Å². The minimum absolute atomic E-state index is 0.0228. The number of benzene rings is 8. The predicted molar refractivity (Wildman–Crippen MR) is 326 cm³/mol. The van der Waals surface area contributed by atoms with Crippen molar-refractivity contribution in [1.82, 2.24) is 9.55 Å². The van der Waals surface area contributed by atoms with Crippen LogP contribution in [0.1, 0.15) is 129 Å². The van der Waals surface area contributed by atoms with Crippen molar-refractivity contribution < 1.29 is 4.74 Å². The zero-order valence-corrected chi connectivity index (χ0v) is 47.5. The van der Waals surface area contributed by atoms with E-state index in [0.717, 1.165) is 39.4 Å². The van der Waals surface area contributed by atoms with E-state index >= 15 is 0 Å². The van der Waals surface area contributed by atoms with Crippen molar-refractivity contribution in [1.29, 1.82) is 0 Å². The number of fused-ring (bicyclic) bond motifs is 4. The van der Waals surface area contributed by atoms with E-state index in [2.05, 4.69) is 298 Å². The smallest absolute Gasteiger partial charge is 0.137 e. The van der Waals surface area contributed by atoms with Gasteiger partial charge in [-0.3, -0.25) is 4.57 Å². The monoisotopic (exact) mass is 1010 g/mol. The fourth-order valence-electron chi connectivity index (χ4n) is 11.4. The molecule has 1 aliphatic rings. The van der Waals surface area contributed by atoms with Crippen molar-refractivity contribution in [2.24, 2.45) is 0 Å². The fourth-order valence-corrected chi connectivity index (χ4v) is 11.4. The Hall–Kier alpha value is -7.89. The largest absolute Gasteiger partial charge is 0.457 e. The molecule has 0 radical (unpaired) electrons. The maximum absolute atomic E-state index is 7.21. The summed E-state index contributed by atoms with van der Waals surface area (Å²) in [6.07, 6.45) is 1.95. The third kappa shape index (κ3) is 9.60. The van der Waals surface area contributed by atoms with Gasteiger partial charge in [0.15, 0.2) is 0 Å². The van der Waals surface area contributed by atoms with Crippen LogP contribution >= 0.6 is 0 Å². The summed E-state index contributed by atoms with van der Waals surface area (Å²) >= 11 is 0. The minimum atomic E-state index is -0.335. The van der Waals surface area contributed by atoms with Gasteiger partial charge >= 0.3 is 0 Å². The summed E-state index contributed by atoms with van der Waals surface area (Å²) in [5.41, 5.74) is 17.1. The molecule has 5 nitrogen and oxygen atoms in total. The molecule has 2 aromatic heterocycles. The first-order valence-electron chi connectivity index (χ1n) is 27.5. The zero-order valence-electron chi connectivity index (χ0n) is 47.5. The Labute approximate surface area is 457 Å². The zero-order chi connectivity index (χ0) is 54.2. The number of nitrogens with zero attached hydrogens (tertiary/aromatic N) is 4.